The van der Waals surface area contributed by atoms with E-state index in [0.717, 1.165) is 16.9 Å². The minimum Gasteiger partial charge on any atom is -0.493 e. The van der Waals surface area contributed by atoms with E-state index in [2.05, 4.69) is 16.8 Å². The van der Waals surface area contributed by atoms with Gasteiger partial charge in [0.15, 0.2) is 17.3 Å². The van der Waals surface area contributed by atoms with Crippen LogP contribution in [0.3, 0.4) is 0 Å². The smallest absolute Gasteiger partial charge is 0.183 e. The molecule has 128 valence electrons. The Morgan fingerprint density at radius 1 is 1.17 bits per heavy atom. The van der Waals surface area contributed by atoms with Gasteiger partial charge in [-0.05, 0) is 44.9 Å². The molecule has 0 spiro atoms. The maximum atomic E-state index is 12.6. The Hall–Kier alpha value is -2.43. The molecular formula is C19H24N2O3. The predicted molar refractivity (Wildman–Crippen MR) is 94.5 cm³/mol. The zero-order chi connectivity index (χ0) is 17.3. The predicted octanol–water partition coefficient (Wildman–Crippen LogP) is 3.75. The van der Waals surface area contributed by atoms with E-state index >= 15 is 0 Å². The largest absolute Gasteiger partial charge is 0.493 e. The Morgan fingerprint density at radius 2 is 1.88 bits per heavy atom. The molecule has 0 atom stereocenters. The molecular weight excluding hydrogens is 304 g/mol. The summed E-state index contributed by atoms with van der Waals surface area (Å²) in [6.07, 6.45) is 2.43. The van der Waals surface area contributed by atoms with Crippen molar-refractivity contribution in [3.05, 3.63) is 41.2 Å². The minimum absolute atomic E-state index is 0.102. The van der Waals surface area contributed by atoms with Gasteiger partial charge in [0.1, 0.15) is 0 Å². The summed E-state index contributed by atoms with van der Waals surface area (Å²) in [7, 11) is 3.20. The number of Topliss-reactive ketones (excluding diaryl/α,β-unsaturated/α-hetero) is 1. The van der Waals surface area contributed by atoms with Gasteiger partial charge in [0.25, 0.3) is 0 Å². The quantitative estimate of drug-likeness (QED) is 0.787. The number of aryl methyl sites for hydroxylation is 1. The van der Waals surface area contributed by atoms with Gasteiger partial charge in [0.05, 0.1) is 20.8 Å². The summed E-state index contributed by atoms with van der Waals surface area (Å²) < 4.78 is 12.8. The summed E-state index contributed by atoms with van der Waals surface area (Å²) in [5.41, 5.74) is 3.89. The van der Waals surface area contributed by atoms with E-state index in [-0.39, 0.29) is 12.3 Å². The van der Waals surface area contributed by atoms with E-state index in [0.29, 0.717) is 17.5 Å². The van der Waals surface area contributed by atoms with Crippen molar-refractivity contribution < 1.29 is 14.3 Å². The number of hydrogen-bond acceptors (Lipinski definition) is 4. The number of nitrogens with zero attached hydrogens (tertiary/aromatic N) is 1. The third-order valence-corrected chi connectivity index (χ3v) is 4.53. The fourth-order valence-corrected chi connectivity index (χ4v) is 3.18. The molecule has 1 aromatic carbocycles. The van der Waals surface area contributed by atoms with Crippen molar-refractivity contribution in [2.75, 3.05) is 26.1 Å². The van der Waals surface area contributed by atoms with Gasteiger partial charge in [-0.15, -0.1) is 0 Å². The number of anilines is 1. The van der Waals surface area contributed by atoms with Crippen molar-refractivity contribution in [1.29, 1.82) is 0 Å². The van der Waals surface area contributed by atoms with Crippen LogP contribution in [0, 0.1) is 13.8 Å². The highest BCUT2D eigenvalue weighted by Gasteiger charge is 2.28. The van der Waals surface area contributed by atoms with Gasteiger partial charge in [-0.1, -0.05) is 0 Å². The lowest BCUT2D eigenvalue weighted by atomic mass is 10.1. The van der Waals surface area contributed by atoms with Crippen LogP contribution in [0.2, 0.25) is 0 Å². The summed E-state index contributed by atoms with van der Waals surface area (Å²) in [5.74, 6) is 1.41. The maximum absolute atomic E-state index is 12.6. The van der Waals surface area contributed by atoms with E-state index in [4.69, 9.17) is 9.47 Å². The number of carbonyl (C=O) groups excluding carboxylic acids is 1. The second-order valence-corrected chi connectivity index (χ2v) is 6.23. The van der Waals surface area contributed by atoms with Crippen molar-refractivity contribution in [1.82, 2.24) is 4.57 Å². The molecule has 0 radical (unpaired) electrons. The van der Waals surface area contributed by atoms with Gasteiger partial charge in [-0.2, -0.15) is 0 Å². The fourth-order valence-electron chi connectivity index (χ4n) is 3.18. The lowest BCUT2D eigenvalue weighted by molar-refractivity contribution is 0.101. The Labute approximate surface area is 142 Å². The van der Waals surface area contributed by atoms with Crippen LogP contribution in [0.4, 0.5) is 5.69 Å². The molecule has 5 nitrogen and oxygen atoms in total. The molecule has 0 unspecified atom stereocenters. The molecule has 1 fully saturated rings. The van der Waals surface area contributed by atoms with Crippen molar-refractivity contribution in [3.63, 3.8) is 0 Å². The molecule has 0 amide bonds. The first-order valence-electron chi connectivity index (χ1n) is 8.22. The Morgan fingerprint density at radius 3 is 2.50 bits per heavy atom. The highest BCUT2D eigenvalue weighted by Crippen LogP contribution is 2.38. The summed E-state index contributed by atoms with van der Waals surface area (Å²) in [5, 5.41) is 3.18. The van der Waals surface area contributed by atoms with Crippen molar-refractivity contribution >= 4 is 11.5 Å². The van der Waals surface area contributed by atoms with Gasteiger partial charge in [-0.25, -0.2) is 0 Å². The van der Waals surface area contributed by atoms with Gasteiger partial charge >= 0.3 is 0 Å². The number of methoxy groups -OCH3 is 2. The first-order chi connectivity index (χ1) is 11.5. The summed E-state index contributed by atoms with van der Waals surface area (Å²) >= 11 is 0. The van der Waals surface area contributed by atoms with E-state index in [1.54, 1.807) is 14.2 Å². The van der Waals surface area contributed by atoms with Crippen LogP contribution in [0.25, 0.3) is 0 Å². The average Bonchev–Trinajstić information content (AvgIpc) is 3.37. The minimum atomic E-state index is 0.102. The molecule has 1 aromatic heterocycles. The molecule has 24 heavy (non-hydrogen) atoms. The van der Waals surface area contributed by atoms with Gasteiger partial charge in [-0.3, -0.25) is 4.79 Å². The monoisotopic (exact) mass is 328 g/mol. The topological polar surface area (TPSA) is 52.5 Å². The highest BCUT2D eigenvalue weighted by atomic mass is 16.5. The first-order valence-corrected chi connectivity index (χ1v) is 8.22. The van der Waals surface area contributed by atoms with Gasteiger partial charge in [0.2, 0.25) is 0 Å². The molecule has 0 bridgehead atoms. The van der Waals surface area contributed by atoms with Crippen LogP contribution in [0.15, 0.2) is 24.3 Å². The highest BCUT2D eigenvalue weighted by molar-refractivity contribution is 6.00. The van der Waals surface area contributed by atoms with Crippen LogP contribution in [0.1, 0.15) is 40.6 Å². The molecule has 1 aliphatic carbocycles. The lowest BCUT2D eigenvalue weighted by Crippen LogP contribution is -2.15. The average molecular weight is 328 g/mol. The van der Waals surface area contributed by atoms with Crippen LogP contribution in [-0.4, -0.2) is 31.1 Å². The van der Waals surface area contributed by atoms with Crippen molar-refractivity contribution in [2.45, 2.75) is 32.7 Å². The number of ketones is 1. The first kappa shape index (κ1) is 16.4. The maximum Gasteiger partial charge on any atom is 0.183 e. The lowest BCUT2D eigenvalue weighted by Gasteiger charge is -2.11. The molecule has 0 saturated heterocycles. The molecule has 1 aliphatic rings. The standard InChI is InChI=1S/C19H24N2O3/c1-12-9-16(13(2)21(12)15-6-7-15)17(22)11-20-14-5-8-18(23-3)19(10-14)24-4/h5,8-10,15,20H,6-7,11H2,1-4H3. The zero-order valence-electron chi connectivity index (χ0n) is 14.7. The zero-order valence-corrected chi connectivity index (χ0v) is 14.7. The number of nitrogens with one attached hydrogen (secondary N) is 1. The summed E-state index contributed by atoms with van der Waals surface area (Å²) in [6.45, 7) is 4.36. The number of ether oxygens (including phenoxy) is 2. The number of aromatic nitrogens is 1. The fraction of sp³-hybridized carbons (Fsp3) is 0.421. The Bertz CT molecular complexity index is 760. The van der Waals surface area contributed by atoms with Crippen LogP contribution in [-0.2, 0) is 0 Å². The normalized spacial score (nSPS) is 13.7. The van der Waals surface area contributed by atoms with E-state index < -0.39 is 0 Å². The number of hydrogen-bond donors (Lipinski definition) is 1. The number of benzene rings is 1. The van der Waals surface area contributed by atoms with Crippen LogP contribution >= 0.6 is 0 Å². The molecule has 1 N–H and O–H groups in total. The van der Waals surface area contributed by atoms with Crippen LogP contribution < -0.4 is 14.8 Å². The van der Waals surface area contributed by atoms with E-state index in [1.807, 2.05) is 31.2 Å². The Kier molecular flexibility index (Phi) is 4.51. The SMILES string of the molecule is COc1ccc(NCC(=O)c2cc(C)n(C3CC3)c2C)cc1OC. The van der Waals surface area contributed by atoms with Gasteiger partial charge < -0.3 is 19.4 Å². The van der Waals surface area contributed by atoms with Crippen molar-refractivity contribution in [2.24, 2.45) is 0 Å². The molecule has 5 heteroatoms. The van der Waals surface area contributed by atoms with Crippen molar-refractivity contribution in [3.8, 4) is 11.5 Å². The molecule has 1 saturated carbocycles. The Balaban J connectivity index is 1.71. The second-order valence-electron chi connectivity index (χ2n) is 6.23. The summed E-state index contributed by atoms with van der Waals surface area (Å²) in [4.78, 5) is 12.6. The summed E-state index contributed by atoms with van der Waals surface area (Å²) in [6, 6.07) is 8.13. The van der Waals surface area contributed by atoms with E-state index in [1.165, 1.54) is 18.5 Å². The second kappa shape index (κ2) is 6.59. The van der Waals surface area contributed by atoms with E-state index in [9.17, 15) is 4.79 Å². The third-order valence-electron chi connectivity index (χ3n) is 4.53. The number of rotatable bonds is 7. The number of carbonyl (C=O) groups is 1. The van der Waals surface area contributed by atoms with Crippen LogP contribution in [0.5, 0.6) is 11.5 Å². The molecule has 0 aliphatic heterocycles. The molecule has 3 rings (SSSR count). The molecule has 2 aromatic rings. The molecule has 1 heterocycles. The van der Waals surface area contributed by atoms with Gasteiger partial charge in [0, 0.05) is 34.7 Å². The third kappa shape index (κ3) is 3.11.